The number of para-hydroxylation sites is 5. The van der Waals surface area contributed by atoms with Crippen LogP contribution in [-0.2, 0) is 0 Å². The van der Waals surface area contributed by atoms with Crippen molar-refractivity contribution in [3.63, 3.8) is 0 Å². The number of fused-ring (bicyclic) bond motifs is 10. The van der Waals surface area contributed by atoms with Crippen molar-refractivity contribution in [1.29, 1.82) is 0 Å². The van der Waals surface area contributed by atoms with Crippen LogP contribution in [-0.4, -0.2) is 19.5 Å². The summed E-state index contributed by atoms with van der Waals surface area (Å²) in [5, 5.41) is 6.90. The monoisotopic (exact) mass is 955 g/mol. The minimum atomic E-state index is -0.470. The number of benzene rings is 11. The predicted molar refractivity (Wildman–Crippen MR) is 304 cm³/mol. The molecule has 0 radical (unpaired) electrons. The van der Waals surface area contributed by atoms with Crippen LogP contribution < -0.4 is 0 Å². The molecule has 0 atom stereocenters. The first kappa shape index (κ1) is 34.7. The summed E-state index contributed by atoms with van der Waals surface area (Å²) < 4.78 is 73.1. The quantitative estimate of drug-likeness (QED) is 0.160. The molecule has 0 aliphatic carbocycles. The lowest BCUT2D eigenvalue weighted by atomic mass is 9.97. The van der Waals surface area contributed by atoms with Gasteiger partial charge >= 0.3 is 0 Å². The number of hydrogen-bond acceptors (Lipinski definition) is 5. The topological polar surface area (TPSA) is 56.7 Å². The Kier molecular flexibility index (Phi) is 7.88. The van der Waals surface area contributed by atoms with Gasteiger partial charge in [0.15, 0.2) is 17.5 Å². The van der Waals surface area contributed by atoms with E-state index in [-0.39, 0.29) is 57.8 Å². The molecule has 0 aliphatic rings. The van der Waals surface area contributed by atoms with Gasteiger partial charge in [-0.15, -0.1) is 11.3 Å². The SMILES string of the molecule is [2H]c1cc([2H])c2c(c1[2H])c1c([2H])c([2H])c([2H])c([2H])c1n2-c1ccccc1-c1nc(-c2ccc(-c3cccc4ccccc34)cc2)nc(-c2cccc(-c3cccc4c3sc3ccc(-c5cccc6c5oc5ccccc56)cc34)c2)n1. The van der Waals surface area contributed by atoms with Gasteiger partial charge in [-0.1, -0.05) is 194 Å². The molecule has 0 spiro atoms. The third kappa shape index (κ3) is 6.72. The second-order valence-electron chi connectivity index (χ2n) is 18.1. The molecule has 0 saturated heterocycles. The Morgan fingerprint density at radius 2 is 1.00 bits per heavy atom. The fourth-order valence-corrected chi connectivity index (χ4v) is 11.8. The lowest BCUT2D eigenvalue weighted by molar-refractivity contribution is 0.670. The average Bonchev–Trinajstić information content (AvgIpc) is 4.32. The van der Waals surface area contributed by atoms with E-state index in [1.165, 1.54) is 6.07 Å². The van der Waals surface area contributed by atoms with Gasteiger partial charge < -0.3 is 8.98 Å². The first-order valence-corrected chi connectivity index (χ1v) is 24.8. The lowest BCUT2D eigenvalue weighted by Crippen LogP contribution is -2.03. The summed E-state index contributed by atoms with van der Waals surface area (Å²) in [4.78, 5) is 15.7. The van der Waals surface area contributed by atoms with Crippen molar-refractivity contribution in [2.45, 2.75) is 0 Å². The molecular formula is C67H40N4OS. The van der Waals surface area contributed by atoms with Gasteiger partial charge in [0.05, 0.1) is 26.3 Å². The summed E-state index contributed by atoms with van der Waals surface area (Å²) >= 11 is 1.75. The van der Waals surface area contributed by atoms with E-state index in [2.05, 4.69) is 115 Å². The summed E-state index contributed by atoms with van der Waals surface area (Å²) in [5.41, 5.74) is 10.6. The second-order valence-corrected chi connectivity index (χ2v) is 19.2. The zero-order chi connectivity index (χ0) is 54.1. The Bertz CT molecular complexity index is 5120. The van der Waals surface area contributed by atoms with Crippen molar-refractivity contribution < 1.29 is 14.0 Å². The van der Waals surface area contributed by atoms with E-state index < -0.39 is 12.1 Å². The van der Waals surface area contributed by atoms with E-state index in [4.69, 9.17) is 26.2 Å². The number of aromatic nitrogens is 4. The molecule has 340 valence electrons. The molecule has 0 bridgehead atoms. The van der Waals surface area contributed by atoms with Crippen LogP contribution in [0.15, 0.2) is 247 Å². The van der Waals surface area contributed by atoms with Crippen LogP contribution in [0.25, 0.3) is 148 Å². The normalized spacial score (nSPS) is 13.2. The molecule has 73 heavy (non-hydrogen) atoms. The van der Waals surface area contributed by atoms with Gasteiger partial charge in [-0.3, -0.25) is 0 Å². The molecule has 0 aliphatic heterocycles. The fraction of sp³-hybridized carbons (Fsp3) is 0. The molecule has 15 aromatic rings. The van der Waals surface area contributed by atoms with Gasteiger partial charge in [-0.2, -0.15) is 0 Å². The van der Waals surface area contributed by atoms with Gasteiger partial charge in [0.25, 0.3) is 0 Å². The maximum Gasteiger partial charge on any atom is 0.166 e. The molecule has 0 fully saturated rings. The van der Waals surface area contributed by atoms with Gasteiger partial charge in [0, 0.05) is 64.0 Å². The maximum absolute atomic E-state index is 9.27. The summed E-state index contributed by atoms with van der Waals surface area (Å²) in [7, 11) is 0. The van der Waals surface area contributed by atoms with Gasteiger partial charge in [-0.25, -0.2) is 15.0 Å². The van der Waals surface area contributed by atoms with Crippen LogP contribution in [0.4, 0.5) is 0 Å². The smallest absolute Gasteiger partial charge is 0.166 e. The van der Waals surface area contributed by atoms with Gasteiger partial charge in [0.2, 0.25) is 0 Å². The Labute approximate surface area is 433 Å². The van der Waals surface area contributed by atoms with Crippen molar-refractivity contribution in [2.75, 3.05) is 0 Å². The average molecular weight is 956 g/mol. The van der Waals surface area contributed by atoms with E-state index in [1.807, 2.05) is 66.7 Å². The van der Waals surface area contributed by atoms with Crippen LogP contribution in [0.3, 0.4) is 0 Å². The largest absolute Gasteiger partial charge is 0.455 e. The summed E-state index contributed by atoms with van der Waals surface area (Å²) in [5.74, 6) is 1.06. The van der Waals surface area contributed by atoms with Crippen LogP contribution in [0.1, 0.15) is 9.60 Å². The Morgan fingerprint density at radius 1 is 0.384 bits per heavy atom. The minimum Gasteiger partial charge on any atom is -0.455 e. The molecular weight excluding hydrogens is 909 g/mol. The van der Waals surface area contributed by atoms with Crippen molar-refractivity contribution >= 4 is 86.0 Å². The van der Waals surface area contributed by atoms with Crippen molar-refractivity contribution in [3.05, 3.63) is 242 Å². The van der Waals surface area contributed by atoms with Crippen LogP contribution in [0.5, 0.6) is 0 Å². The first-order chi connectivity index (χ1) is 39.1. The number of hydrogen-bond donors (Lipinski definition) is 0. The molecule has 0 N–H and O–H groups in total. The lowest BCUT2D eigenvalue weighted by Gasteiger charge is -2.15. The third-order valence-corrected chi connectivity index (χ3v) is 15.2. The number of thiophene rings is 1. The van der Waals surface area contributed by atoms with Crippen molar-refractivity contribution in [2.24, 2.45) is 0 Å². The van der Waals surface area contributed by atoms with E-state index in [1.54, 1.807) is 28.0 Å². The zero-order valence-corrected chi connectivity index (χ0v) is 39.5. The molecule has 6 heteroatoms. The zero-order valence-electron chi connectivity index (χ0n) is 45.7. The Morgan fingerprint density at radius 3 is 1.92 bits per heavy atom. The van der Waals surface area contributed by atoms with Crippen molar-refractivity contribution in [3.8, 4) is 73.2 Å². The highest BCUT2D eigenvalue weighted by Crippen LogP contribution is 2.44. The molecule has 5 nitrogen and oxygen atoms in total. The number of nitrogens with zero attached hydrogens (tertiary/aromatic N) is 4. The summed E-state index contributed by atoms with van der Waals surface area (Å²) in [6.07, 6.45) is 0. The molecule has 15 rings (SSSR count). The molecule has 0 amide bonds. The minimum absolute atomic E-state index is 0.0583. The summed E-state index contributed by atoms with van der Waals surface area (Å²) in [6, 6.07) is 64.9. The van der Waals surface area contributed by atoms with Crippen molar-refractivity contribution in [1.82, 2.24) is 19.5 Å². The number of rotatable bonds is 7. The maximum atomic E-state index is 9.27. The molecule has 4 aromatic heterocycles. The van der Waals surface area contributed by atoms with Crippen LogP contribution >= 0.6 is 11.3 Å². The predicted octanol–water partition coefficient (Wildman–Crippen LogP) is 18.4. The van der Waals surface area contributed by atoms with Gasteiger partial charge in [0.1, 0.15) is 11.2 Å². The third-order valence-electron chi connectivity index (χ3n) is 14.0. The first-order valence-electron chi connectivity index (χ1n) is 27.5. The van der Waals surface area contributed by atoms with E-state index >= 15 is 0 Å². The molecule has 0 saturated carbocycles. The Balaban J connectivity index is 0.904. The highest BCUT2D eigenvalue weighted by molar-refractivity contribution is 7.26. The van der Waals surface area contributed by atoms with Crippen LogP contribution in [0, 0.1) is 0 Å². The summed E-state index contributed by atoms with van der Waals surface area (Å²) in [6.45, 7) is 0. The molecule has 11 aromatic carbocycles. The fourth-order valence-electron chi connectivity index (χ4n) is 10.6. The van der Waals surface area contributed by atoms with Crippen LogP contribution in [0.2, 0.25) is 0 Å². The van der Waals surface area contributed by atoms with E-state index in [9.17, 15) is 2.74 Å². The van der Waals surface area contributed by atoms with E-state index in [0.29, 0.717) is 22.9 Å². The molecule has 4 heterocycles. The second kappa shape index (κ2) is 16.6. The standard InChI is InChI=1S/C67H40N4OS/c1-2-19-47-41(15-1)16-12-24-48(47)42-33-35-43(36-34-42)65-68-66(70-67(69-65)56-23-5-9-31-60(56)71-58-29-7-3-20-51(58)52-21-4-8-30-59(52)71)46-18-11-17-44(39-46)50-26-14-28-55-57-40-45(37-38-62(57)73-64(50)55)49-25-13-27-54-53-22-6-10-32-61(53)72-63(49)54/h1-40H/i3D,4D,7D,20D,21D,29D,30D. The highest BCUT2D eigenvalue weighted by Gasteiger charge is 2.21. The molecule has 0 unspecified atom stereocenters. The van der Waals surface area contributed by atoms with Gasteiger partial charge in [-0.05, 0) is 87.1 Å². The highest BCUT2D eigenvalue weighted by atomic mass is 32.1. The number of furan rings is 1. The van der Waals surface area contributed by atoms with E-state index in [0.717, 1.165) is 97.4 Å². The Hall–Kier alpha value is -9.49.